The molecule has 1 saturated heterocycles. The number of carbonyl (C=O) groups excluding carboxylic acids is 1. The van der Waals surface area contributed by atoms with E-state index in [-0.39, 0.29) is 18.6 Å². The van der Waals surface area contributed by atoms with Gasteiger partial charge in [-0.3, -0.25) is 4.79 Å². The van der Waals surface area contributed by atoms with Gasteiger partial charge in [-0.15, -0.1) is 0 Å². The van der Waals surface area contributed by atoms with Gasteiger partial charge >= 0.3 is 0 Å². The number of rotatable bonds is 5. The zero-order chi connectivity index (χ0) is 12.0. The Balaban J connectivity index is 2.43. The molecule has 0 radical (unpaired) electrons. The van der Waals surface area contributed by atoms with Crippen LogP contribution in [0.25, 0.3) is 0 Å². The molecule has 5 nitrogen and oxygen atoms in total. The molecule has 0 saturated carbocycles. The molecule has 2 N–H and O–H groups in total. The highest BCUT2D eigenvalue weighted by Gasteiger charge is 2.26. The molecule has 94 valence electrons. The lowest BCUT2D eigenvalue weighted by molar-refractivity contribution is -0.141. The van der Waals surface area contributed by atoms with Crippen molar-refractivity contribution < 1.29 is 14.3 Å². The molecule has 0 aromatic rings. The second-order valence-electron chi connectivity index (χ2n) is 4.13. The molecule has 5 heteroatoms. The molecular weight excluding hydrogens is 208 g/mol. The monoisotopic (exact) mass is 230 g/mol. The molecule has 1 heterocycles. The molecule has 0 spiro atoms. The van der Waals surface area contributed by atoms with E-state index in [9.17, 15) is 4.79 Å². The SMILES string of the molecule is CCCC1CN(C(=O)C(N)COC)CCO1. The lowest BCUT2D eigenvalue weighted by atomic mass is 10.1. The van der Waals surface area contributed by atoms with Gasteiger partial charge in [0.1, 0.15) is 6.04 Å². The molecular formula is C11H22N2O3. The van der Waals surface area contributed by atoms with Gasteiger partial charge in [0.2, 0.25) is 5.91 Å². The standard InChI is InChI=1S/C11H22N2O3/c1-3-4-9-7-13(5-6-16-9)11(14)10(12)8-15-2/h9-10H,3-8,12H2,1-2H3. The first kappa shape index (κ1) is 13.4. The summed E-state index contributed by atoms with van der Waals surface area (Å²) in [6.45, 7) is 4.28. The second kappa shape index (κ2) is 6.83. The second-order valence-corrected chi connectivity index (χ2v) is 4.13. The number of carbonyl (C=O) groups is 1. The van der Waals surface area contributed by atoms with Crippen molar-refractivity contribution in [1.29, 1.82) is 0 Å². The number of ether oxygens (including phenoxy) is 2. The average molecular weight is 230 g/mol. The van der Waals surface area contributed by atoms with Crippen LogP contribution < -0.4 is 5.73 Å². The van der Waals surface area contributed by atoms with Crippen molar-refractivity contribution in [3.63, 3.8) is 0 Å². The molecule has 1 aliphatic heterocycles. The van der Waals surface area contributed by atoms with Crippen LogP contribution in [0.3, 0.4) is 0 Å². The van der Waals surface area contributed by atoms with Crippen LogP contribution in [0.4, 0.5) is 0 Å². The van der Waals surface area contributed by atoms with Gasteiger partial charge in [-0.05, 0) is 6.42 Å². The molecule has 0 aliphatic carbocycles. The van der Waals surface area contributed by atoms with Gasteiger partial charge in [-0.1, -0.05) is 13.3 Å². The van der Waals surface area contributed by atoms with E-state index in [1.54, 1.807) is 12.0 Å². The van der Waals surface area contributed by atoms with Crippen LogP contribution in [-0.4, -0.2) is 56.4 Å². The van der Waals surface area contributed by atoms with E-state index < -0.39 is 6.04 Å². The molecule has 16 heavy (non-hydrogen) atoms. The average Bonchev–Trinajstić information content (AvgIpc) is 2.29. The third-order valence-electron chi connectivity index (χ3n) is 2.72. The lowest BCUT2D eigenvalue weighted by Crippen LogP contribution is -2.52. The highest BCUT2D eigenvalue weighted by atomic mass is 16.5. The fourth-order valence-corrected chi connectivity index (χ4v) is 1.90. The summed E-state index contributed by atoms with van der Waals surface area (Å²) in [6, 6.07) is -0.551. The fourth-order valence-electron chi connectivity index (χ4n) is 1.90. The number of nitrogens with zero attached hydrogens (tertiary/aromatic N) is 1. The molecule has 0 aromatic heterocycles. The number of amides is 1. The summed E-state index contributed by atoms with van der Waals surface area (Å²) >= 11 is 0. The number of morpholine rings is 1. The van der Waals surface area contributed by atoms with Crippen molar-refractivity contribution in [2.75, 3.05) is 33.4 Å². The van der Waals surface area contributed by atoms with Crippen molar-refractivity contribution in [3.8, 4) is 0 Å². The zero-order valence-corrected chi connectivity index (χ0v) is 10.1. The normalized spacial score (nSPS) is 23.2. The third-order valence-corrected chi connectivity index (χ3v) is 2.72. The van der Waals surface area contributed by atoms with E-state index in [4.69, 9.17) is 15.2 Å². The molecule has 1 amide bonds. The van der Waals surface area contributed by atoms with Gasteiger partial charge in [0.15, 0.2) is 0 Å². The van der Waals surface area contributed by atoms with Crippen LogP contribution in [-0.2, 0) is 14.3 Å². The predicted molar refractivity (Wildman–Crippen MR) is 61.1 cm³/mol. The lowest BCUT2D eigenvalue weighted by Gasteiger charge is -2.34. The predicted octanol–water partition coefficient (Wildman–Crippen LogP) is -0.0124. The van der Waals surface area contributed by atoms with Crippen LogP contribution in [0.15, 0.2) is 0 Å². The first-order chi connectivity index (χ1) is 7.69. The maximum Gasteiger partial charge on any atom is 0.242 e. The van der Waals surface area contributed by atoms with Crippen molar-refractivity contribution in [2.45, 2.75) is 31.9 Å². The van der Waals surface area contributed by atoms with Crippen LogP contribution in [0.5, 0.6) is 0 Å². The Labute approximate surface area is 96.9 Å². The molecule has 0 aromatic carbocycles. The number of hydrogen-bond acceptors (Lipinski definition) is 4. The highest BCUT2D eigenvalue weighted by Crippen LogP contribution is 2.11. The third kappa shape index (κ3) is 3.73. The Kier molecular flexibility index (Phi) is 5.73. The number of nitrogens with two attached hydrogens (primary N) is 1. The largest absolute Gasteiger partial charge is 0.383 e. The van der Waals surface area contributed by atoms with Crippen LogP contribution >= 0.6 is 0 Å². The fraction of sp³-hybridized carbons (Fsp3) is 0.909. The molecule has 1 aliphatic rings. The van der Waals surface area contributed by atoms with Gasteiger partial charge < -0.3 is 20.1 Å². The minimum atomic E-state index is -0.551. The molecule has 2 unspecified atom stereocenters. The van der Waals surface area contributed by atoms with E-state index in [1.165, 1.54) is 0 Å². The first-order valence-corrected chi connectivity index (χ1v) is 5.84. The van der Waals surface area contributed by atoms with Crippen molar-refractivity contribution >= 4 is 5.91 Å². The maximum atomic E-state index is 11.9. The summed E-state index contributed by atoms with van der Waals surface area (Å²) < 4.78 is 10.5. The molecule has 0 bridgehead atoms. The van der Waals surface area contributed by atoms with Crippen molar-refractivity contribution in [1.82, 2.24) is 4.90 Å². The van der Waals surface area contributed by atoms with E-state index in [1.807, 2.05) is 0 Å². The van der Waals surface area contributed by atoms with Gasteiger partial charge in [0.05, 0.1) is 19.3 Å². The van der Waals surface area contributed by atoms with Gasteiger partial charge in [-0.2, -0.15) is 0 Å². The maximum absolute atomic E-state index is 11.9. The van der Waals surface area contributed by atoms with Gasteiger partial charge in [0, 0.05) is 20.2 Å². The summed E-state index contributed by atoms with van der Waals surface area (Å²) in [5, 5.41) is 0. The van der Waals surface area contributed by atoms with E-state index in [2.05, 4.69) is 6.92 Å². The molecule has 1 fully saturated rings. The van der Waals surface area contributed by atoms with E-state index in [0.717, 1.165) is 12.8 Å². The number of methoxy groups -OCH3 is 1. The van der Waals surface area contributed by atoms with Crippen LogP contribution in [0.1, 0.15) is 19.8 Å². The smallest absolute Gasteiger partial charge is 0.242 e. The van der Waals surface area contributed by atoms with Crippen LogP contribution in [0.2, 0.25) is 0 Å². The minimum Gasteiger partial charge on any atom is -0.383 e. The van der Waals surface area contributed by atoms with Crippen molar-refractivity contribution in [3.05, 3.63) is 0 Å². The van der Waals surface area contributed by atoms with E-state index >= 15 is 0 Å². The topological polar surface area (TPSA) is 64.8 Å². The highest BCUT2D eigenvalue weighted by molar-refractivity contribution is 5.81. The Morgan fingerprint density at radius 3 is 3.06 bits per heavy atom. The summed E-state index contributed by atoms with van der Waals surface area (Å²) in [7, 11) is 1.55. The number of hydrogen-bond donors (Lipinski definition) is 1. The van der Waals surface area contributed by atoms with Crippen LogP contribution in [0, 0.1) is 0 Å². The Bertz CT molecular complexity index is 221. The van der Waals surface area contributed by atoms with Crippen molar-refractivity contribution in [2.24, 2.45) is 5.73 Å². The van der Waals surface area contributed by atoms with E-state index in [0.29, 0.717) is 19.7 Å². The molecule has 1 rings (SSSR count). The zero-order valence-electron chi connectivity index (χ0n) is 10.1. The molecule has 2 atom stereocenters. The summed E-state index contributed by atoms with van der Waals surface area (Å²) in [4.78, 5) is 13.7. The van der Waals surface area contributed by atoms with Gasteiger partial charge in [0.25, 0.3) is 0 Å². The first-order valence-electron chi connectivity index (χ1n) is 5.84. The Hall–Kier alpha value is -0.650. The summed E-state index contributed by atoms with van der Waals surface area (Å²) in [5.74, 6) is -0.0359. The quantitative estimate of drug-likeness (QED) is 0.721. The summed E-state index contributed by atoms with van der Waals surface area (Å²) in [6.07, 6.45) is 2.22. The van der Waals surface area contributed by atoms with Gasteiger partial charge in [-0.25, -0.2) is 0 Å². The summed E-state index contributed by atoms with van der Waals surface area (Å²) in [5.41, 5.74) is 5.72. The Morgan fingerprint density at radius 1 is 1.69 bits per heavy atom. The Morgan fingerprint density at radius 2 is 2.44 bits per heavy atom. The minimum absolute atomic E-state index is 0.0359.